The minimum Gasteiger partial charge on any atom is -0.497 e. The summed E-state index contributed by atoms with van der Waals surface area (Å²) in [5.74, 6) is 2.72. The van der Waals surface area contributed by atoms with E-state index in [1.165, 1.54) is 0 Å². The van der Waals surface area contributed by atoms with E-state index < -0.39 is 0 Å². The van der Waals surface area contributed by atoms with Crippen molar-refractivity contribution in [1.82, 2.24) is 0 Å². The molecule has 6 rings (SSSR count). The predicted octanol–water partition coefficient (Wildman–Crippen LogP) is 12.8. The van der Waals surface area contributed by atoms with Crippen LogP contribution < -0.4 is 18.9 Å². The SMILES string of the molecule is COc1ccc(N=Nc2ccc(OCCCCCCOC(=O)c3ccc(N=Cc4ccc(OCCCOc5ccc(N=Nc6ccc(C#N)cc6)cc5)cc4)cc3)cc2)cc1. The summed E-state index contributed by atoms with van der Waals surface area (Å²) >= 11 is 0. The average Bonchev–Trinajstić information content (AvgIpc) is 3.31. The molecule has 0 heterocycles. The van der Waals surface area contributed by atoms with E-state index in [9.17, 15) is 4.79 Å². The zero-order valence-electron chi connectivity index (χ0n) is 33.9. The largest absolute Gasteiger partial charge is 0.497 e. The van der Waals surface area contributed by atoms with E-state index in [2.05, 4.69) is 31.5 Å². The molecule has 0 radical (unpaired) electrons. The Labute approximate surface area is 355 Å². The molecular formula is C49H46N6O6. The molecule has 0 aliphatic heterocycles. The second kappa shape index (κ2) is 23.7. The van der Waals surface area contributed by atoms with Crippen molar-refractivity contribution >= 4 is 40.6 Å². The van der Waals surface area contributed by atoms with Crippen molar-refractivity contribution in [1.29, 1.82) is 5.26 Å². The van der Waals surface area contributed by atoms with Crippen LogP contribution in [0.1, 0.15) is 53.6 Å². The van der Waals surface area contributed by atoms with E-state index in [1.54, 1.807) is 61.9 Å². The molecule has 0 amide bonds. The zero-order valence-corrected chi connectivity index (χ0v) is 33.9. The molecule has 12 nitrogen and oxygen atoms in total. The third kappa shape index (κ3) is 14.9. The number of esters is 1. The van der Waals surface area contributed by atoms with Gasteiger partial charge in [-0.1, -0.05) is 0 Å². The van der Waals surface area contributed by atoms with E-state index >= 15 is 0 Å². The Kier molecular flexibility index (Phi) is 16.7. The number of benzene rings is 6. The van der Waals surface area contributed by atoms with Gasteiger partial charge in [-0.05, 0) is 177 Å². The first-order chi connectivity index (χ1) is 30.0. The van der Waals surface area contributed by atoms with Gasteiger partial charge in [-0.25, -0.2) is 4.79 Å². The normalized spacial score (nSPS) is 11.1. The number of nitriles is 1. The van der Waals surface area contributed by atoms with Crippen LogP contribution in [0.4, 0.5) is 28.4 Å². The number of rotatable bonds is 22. The Balaban J connectivity index is 0.791. The van der Waals surface area contributed by atoms with Gasteiger partial charge in [-0.3, -0.25) is 4.99 Å². The van der Waals surface area contributed by atoms with Crippen LogP contribution in [0.15, 0.2) is 171 Å². The van der Waals surface area contributed by atoms with Crippen molar-refractivity contribution in [3.8, 4) is 29.1 Å². The van der Waals surface area contributed by atoms with Gasteiger partial charge in [0.2, 0.25) is 0 Å². The van der Waals surface area contributed by atoms with Gasteiger partial charge in [0.05, 0.1) is 79.2 Å². The summed E-state index contributed by atoms with van der Waals surface area (Å²) in [5, 5.41) is 25.8. The van der Waals surface area contributed by atoms with Crippen LogP contribution in [-0.4, -0.2) is 45.7 Å². The molecule has 6 aromatic carbocycles. The average molecular weight is 815 g/mol. The molecule has 0 aromatic heterocycles. The lowest BCUT2D eigenvalue weighted by Gasteiger charge is -2.08. The van der Waals surface area contributed by atoms with Crippen LogP contribution in [0.2, 0.25) is 0 Å². The molecule has 0 spiro atoms. The second-order valence-corrected chi connectivity index (χ2v) is 13.6. The van der Waals surface area contributed by atoms with E-state index in [4.69, 9.17) is 28.9 Å². The lowest BCUT2D eigenvalue weighted by atomic mass is 10.2. The minimum atomic E-state index is -0.344. The van der Waals surface area contributed by atoms with Gasteiger partial charge in [0, 0.05) is 12.6 Å². The molecule has 0 saturated carbocycles. The highest BCUT2D eigenvalue weighted by Gasteiger charge is 2.07. The molecule has 0 bridgehead atoms. The maximum absolute atomic E-state index is 12.6. The van der Waals surface area contributed by atoms with Gasteiger partial charge in [0.1, 0.15) is 23.0 Å². The number of methoxy groups -OCH3 is 1. The highest BCUT2D eigenvalue weighted by molar-refractivity contribution is 5.90. The first kappa shape index (κ1) is 42.9. The number of nitrogens with zero attached hydrogens (tertiary/aromatic N) is 6. The van der Waals surface area contributed by atoms with Crippen LogP contribution in [0.25, 0.3) is 0 Å². The lowest BCUT2D eigenvalue weighted by molar-refractivity contribution is 0.0497. The fourth-order valence-corrected chi connectivity index (χ4v) is 5.62. The van der Waals surface area contributed by atoms with Crippen LogP contribution in [-0.2, 0) is 4.74 Å². The van der Waals surface area contributed by atoms with Gasteiger partial charge in [-0.15, -0.1) is 0 Å². The third-order valence-electron chi connectivity index (χ3n) is 9.02. The molecule has 0 N–H and O–H groups in total. The van der Waals surface area contributed by atoms with Gasteiger partial charge in [0.25, 0.3) is 0 Å². The number of azo groups is 2. The quantitative estimate of drug-likeness (QED) is 0.0286. The van der Waals surface area contributed by atoms with Crippen molar-refractivity contribution in [3.05, 3.63) is 162 Å². The van der Waals surface area contributed by atoms with Crippen molar-refractivity contribution < 1.29 is 28.5 Å². The highest BCUT2D eigenvalue weighted by Crippen LogP contribution is 2.24. The van der Waals surface area contributed by atoms with E-state index in [1.807, 2.05) is 97.1 Å². The number of aliphatic imine (C=N–C) groups is 1. The van der Waals surface area contributed by atoms with Crippen LogP contribution in [0, 0.1) is 11.3 Å². The second-order valence-electron chi connectivity index (χ2n) is 13.6. The molecule has 0 aliphatic rings. The monoisotopic (exact) mass is 814 g/mol. The Morgan fingerprint density at radius 2 is 0.902 bits per heavy atom. The van der Waals surface area contributed by atoms with Gasteiger partial charge < -0.3 is 23.7 Å². The number of hydrogen-bond acceptors (Lipinski definition) is 12. The summed E-state index contributed by atoms with van der Waals surface area (Å²) in [4.78, 5) is 17.1. The topological polar surface area (TPSA) is 149 Å². The number of carbonyl (C=O) groups is 1. The maximum atomic E-state index is 12.6. The maximum Gasteiger partial charge on any atom is 0.338 e. The molecule has 0 unspecified atom stereocenters. The predicted molar refractivity (Wildman–Crippen MR) is 235 cm³/mol. The van der Waals surface area contributed by atoms with Gasteiger partial charge in [0.15, 0.2) is 0 Å². The smallest absolute Gasteiger partial charge is 0.338 e. The van der Waals surface area contributed by atoms with Crippen molar-refractivity contribution in [2.75, 3.05) is 33.5 Å². The van der Waals surface area contributed by atoms with Crippen LogP contribution >= 0.6 is 0 Å². The standard InChI is InChI=1S/C49H46N6O6/c1-57-45-25-17-42(18-26-45)53-55-44-19-27-47(28-20-44)58-31-4-2-3-5-32-61-49(56)39-11-15-40(16-12-39)51-36-38-9-23-46(24-10-38)59-33-6-34-60-48-29-21-43(22-30-48)54-52-41-13-7-37(35-50)8-14-41/h7-30,36H,2-6,31-34H2,1H3. The molecule has 61 heavy (non-hydrogen) atoms. The molecule has 308 valence electrons. The Hall–Kier alpha value is -7.65. The number of carbonyl (C=O) groups excluding carboxylic acids is 1. The molecule has 12 heteroatoms. The fraction of sp³-hybridized carbons (Fsp3) is 0.204. The van der Waals surface area contributed by atoms with Gasteiger partial charge in [-0.2, -0.15) is 25.7 Å². The van der Waals surface area contributed by atoms with Crippen molar-refractivity contribution in [2.45, 2.75) is 32.1 Å². The minimum absolute atomic E-state index is 0.344. The van der Waals surface area contributed by atoms with Crippen LogP contribution in [0.3, 0.4) is 0 Å². The molecule has 0 atom stereocenters. The summed E-state index contributed by atoms with van der Waals surface area (Å²) in [6, 6.07) is 46.0. The van der Waals surface area contributed by atoms with E-state index in [-0.39, 0.29) is 5.97 Å². The molecule has 6 aromatic rings. The Bertz CT molecular complexity index is 2380. The number of hydrogen-bond donors (Lipinski definition) is 0. The number of ether oxygens (including phenoxy) is 5. The van der Waals surface area contributed by atoms with Crippen molar-refractivity contribution in [3.63, 3.8) is 0 Å². The summed E-state index contributed by atoms with van der Waals surface area (Å²) in [7, 11) is 1.63. The summed E-state index contributed by atoms with van der Waals surface area (Å²) in [6.45, 7) is 1.99. The summed E-state index contributed by atoms with van der Waals surface area (Å²) < 4.78 is 28.2. The van der Waals surface area contributed by atoms with Crippen LogP contribution in [0.5, 0.6) is 23.0 Å². The highest BCUT2D eigenvalue weighted by atomic mass is 16.5. The number of unbranched alkanes of at least 4 members (excludes halogenated alkanes) is 3. The third-order valence-corrected chi connectivity index (χ3v) is 9.02. The molecule has 0 aliphatic carbocycles. The van der Waals surface area contributed by atoms with E-state index in [0.717, 1.165) is 71.3 Å². The van der Waals surface area contributed by atoms with Crippen molar-refractivity contribution in [2.24, 2.45) is 25.4 Å². The van der Waals surface area contributed by atoms with E-state index in [0.29, 0.717) is 55.4 Å². The van der Waals surface area contributed by atoms with Gasteiger partial charge >= 0.3 is 5.97 Å². The molecular weight excluding hydrogens is 769 g/mol. The Morgan fingerprint density at radius 3 is 1.38 bits per heavy atom. The summed E-state index contributed by atoms with van der Waals surface area (Å²) in [5.41, 5.74) is 5.59. The molecule has 0 fully saturated rings. The zero-order chi connectivity index (χ0) is 42.3. The first-order valence-electron chi connectivity index (χ1n) is 20.0. The first-order valence-corrected chi connectivity index (χ1v) is 20.0. The fourth-order valence-electron chi connectivity index (χ4n) is 5.62. The Morgan fingerprint density at radius 1 is 0.492 bits per heavy atom. The summed E-state index contributed by atoms with van der Waals surface area (Å²) in [6.07, 6.45) is 6.08. The lowest BCUT2D eigenvalue weighted by Crippen LogP contribution is -2.06. The molecule has 0 saturated heterocycles.